The zero-order valence-corrected chi connectivity index (χ0v) is 18.9. The first-order valence-corrected chi connectivity index (χ1v) is 10.7. The molecule has 1 aromatic carbocycles. The van der Waals surface area contributed by atoms with Gasteiger partial charge in [0.1, 0.15) is 11.6 Å². The van der Waals surface area contributed by atoms with Crippen LogP contribution in [0.25, 0.3) is 10.9 Å². The minimum absolute atomic E-state index is 0.0413. The number of carbonyl (C=O) groups excluding carboxylic acids is 1. The first-order valence-electron chi connectivity index (χ1n) is 9.84. The summed E-state index contributed by atoms with van der Waals surface area (Å²) in [5.74, 6) is 1.63. The Morgan fingerprint density at radius 3 is 2.60 bits per heavy atom. The summed E-state index contributed by atoms with van der Waals surface area (Å²) < 4.78 is 17.3. The lowest BCUT2D eigenvalue weighted by Gasteiger charge is -2.09. The number of amides is 1. The number of ether oxygens (including phenoxy) is 1. The molecule has 1 amide bonds. The fourth-order valence-corrected chi connectivity index (χ4v) is 2.64. The lowest BCUT2D eigenvalue weighted by molar-refractivity contribution is -0.120. The smallest absolute Gasteiger partial charge is 0.223 e. The molecule has 0 bridgehead atoms. The van der Waals surface area contributed by atoms with Gasteiger partial charge in [-0.1, -0.05) is 44.7 Å². The summed E-state index contributed by atoms with van der Waals surface area (Å²) in [6.45, 7) is 11.5. The summed E-state index contributed by atoms with van der Waals surface area (Å²) in [6.07, 6.45) is 6.11. The molecule has 30 heavy (non-hydrogen) atoms. The summed E-state index contributed by atoms with van der Waals surface area (Å²) in [5.41, 5.74) is 2.85. The molecule has 7 heteroatoms. The van der Waals surface area contributed by atoms with Gasteiger partial charge in [-0.25, -0.2) is 9.97 Å². The molecule has 0 saturated heterocycles. The van der Waals surface area contributed by atoms with E-state index in [1.165, 1.54) is 0 Å². The van der Waals surface area contributed by atoms with E-state index < -0.39 is 0 Å². The van der Waals surface area contributed by atoms with E-state index in [4.69, 9.17) is 4.74 Å². The van der Waals surface area contributed by atoms with Crippen molar-refractivity contribution in [1.82, 2.24) is 15.3 Å². The number of nitrogens with zero attached hydrogens (tertiary/aromatic N) is 2. The predicted molar refractivity (Wildman–Crippen MR) is 124 cm³/mol. The highest BCUT2D eigenvalue weighted by Gasteiger charge is 2.02. The molecule has 0 atom stereocenters. The van der Waals surface area contributed by atoms with E-state index in [-0.39, 0.29) is 30.4 Å². The Morgan fingerprint density at radius 2 is 1.97 bits per heavy atom. The molecule has 0 aliphatic carbocycles. The molecule has 2 aromatic rings. The number of aromatic nitrogens is 2. The highest BCUT2D eigenvalue weighted by Crippen LogP contribution is 2.13. The molecule has 1 aromatic heterocycles. The number of hydrogen-bond acceptors (Lipinski definition) is 5. The molecular weight excluding hydrogens is 401 g/mol. The average Bonchev–Trinajstić information content (AvgIpc) is 2.73. The molecule has 0 radical (unpaired) electrons. The lowest BCUT2D eigenvalue weighted by Crippen LogP contribution is -2.21. The fraction of sp³-hybridized carbons (Fsp3) is 0.348. The van der Waals surface area contributed by atoms with Gasteiger partial charge in [-0.2, -0.15) is 3.89 Å². The Hall–Kier alpha value is -2.67. The van der Waals surface area contributed by atoms with Gasteiger partial charge in [0, 0.05) is 35.3 Å². The van der Waals surface area contributed by atoms with Crippen LogP contribution in [0.15, 0.2) is 60.5 Å². The van der Waals surface area contributed by atoms with Gasteiger partial charge >= 0.3 is 0 Å². The molecule has 0 unspecified atom stereocenters. The number of benzene rings is 1. The molecule has 0 saturated carbocycles. The second kappa shape index (κ2) is 14.3. The molecule has 2 rings (SSSR count). The quantitative estimate of drug-likeness (QED) is 0.311. The van der Waals surface area contributed by atoms with Crippen LogP contribution in [0.1, 0.15) is 38.2 Å². The van der Waals surface area contributed by atoms with Crippen LogP contribution in [-0.4, -0.2) is 28.2 Å². The van der Waals surface area contributed by atoms with Gasteiger partial charge in [-0.15, -0.1) is 0 Å². The molecule has 1 N–H and O–H groups in total. The zero-order valence-electron chi connectivity index (χ0n) is 18.1. The molecular formula is C23H30FN3O2S. The largest absolute Gasteiger partial charge is 0.493 e. The van der Waals surface area contributed by atoms with Gasteiger partial charge in [-0.3, -0.25) is 4.79 Å². The van der Waals surface area contributed by atoms with Crippen LogP contribution in [0.5, 0.6) is 0 Å². The number of hydrogen-bond donors (Lipinski definition) is 1. The predicted octanol–water partition coefficient (Wildman–Crippen LogP) is 5.76. The van der Waals surface area contributed by atoms with Crippen LogP contribution in [-0.2, 0) is 9.53 Å². The number of allylic oxidation sites excluding steroid dienone is 4. The fourth-order valence-electron chi connectivity index (χ4n) is 2.49. The Bertz CT molecular complexity index is 897. The van der Waals surface area contributed by atoms with E-state index >= 15 is 0 Å². The number of halogens is 1. The van der Waals surface area contributed by atoms with Gasteiger partial charge in [0.25, 0.3) is 0 Å². The Balaban J connectivity index is 0.000000321. The summed E-state index contributed by atoms with van der Waals surface area (Å²) in [4.78, 5) is 19.9. The lowest BCUT2D eigenvalue weighted by atomic mass is 10.2. The normalized spacial score (nSPS) is 11.5. The zero-order chi connectivity index (χ0) is 22.4. The first-order chi connectivity index (χ1) is 14.4. The summed E-state index contributed by atoms with van der Waals surface area (Å²) in [5, 5.41) is 3.93. The topological polar surface area (TPSA) is 64.1 Å². The third-order valence-corrected chi connectivity index (χ3v) is 4.26. The number of carbonyl (C=O) groups is 1. The van der Waals surface area contributed by atoms with Crippen LogP contribution in [0, 0.1) is 13.8 Å². The van der Waals surface area contributed by atoms with Crippen molar-refractivity contribution in [2.45, 2.75) is 40.5 Å². The minimum Gasteiger partial charge on any atom is -0.493 e. The van der Waals surface area contributed by atoms with E-state index in [9.17, 15) is 8.68 Å². The van der Waals surface area contributed by atoms with E-state index in [0.717, 1.165) is 28.1 Å². The van der Waals surface area contributed by atoms with E-state index in [2.05, 4.69) is 21.9 Å². The van der Waals surface area contributed by atoms with Gasteiger partial charge in [0.15, 0.2) is 0 Å². The third-order valence-electron chi connectivity index (χ3n) is 3.94. The number of para-hydroxylation sites is 1. The maximum Gasteiger partial charge on any atom is 0.223 e. The molecule has 1 heterocycles. The van der Waals surface area contributed by atoms with Crippen molar-refractivity contribution in [2.75, 3.05) is 12.4 Å². The number of fused-ring (bicyclic) bond motifs is 1. The molecule has 5 nitrogen and oxygen atoms in total. The molecule has 162 valence electrons. The van der Waals surface area contributed by atoms with Crippen molar-refractivity contribution >= 4 is 29.0 Å². The third kappa shape index (κ3) is 9.22. The summed E-state index contributed by atoms with van der Waals surface area (Å²) >= 11 is 0.232. The average molecular weight is 432 g/mol. The van der Waals surface area contributed by atoms with Crippen LogP contribution in [0.2, 0.25) is 0 Å². The Morgan fingerprint density at radius 1 is 1.23 bits per heavy atom. The van der Waals surface area contributed by atoms with Crippen molar-refractivity contribution in [3.05, 3.63) is 72.0 Å². The molecule has 0 aliphatic rings. The summed E-state index contributed by atoms with van der Waals surface area (Å²) in [6, 6.07) is 8.06. The van der Waals surface area contributed by atoms with E-state index in [0.29, 0.717) is 18.6 Å². The first kappa shape index (κ1) is 25.4. The second-order valence-corrected chi connectivity index (χ2v) is 6.89. The highest BCUT2D eigenvalue weighted by atomic mass is 32.2. The number of rotatable bonds is 9. The minimum atomic E-state index is -0.0413. The highest BCUT2D eigenvalue weighted by molar-refractivity contribution is 7.94. The van der Waals surface area contributed by atoms with Crippen molar-refractivity contribution in [2.24, 2.45) is 0 Å². The van der Waals surface area contributed by atoms with Crippen molar-refractivity contribution in [3.63, 3.8) is 0 Å². The Kier molecular flexibility index (Phi) is 12.1. The standard InChI is InChI=1S/C13H20FNO2S.C10H10N2/c1-4-7-12(17-8-9-18-14)10-11(5-2)15-13(16)6-3;1-7-9-5-3-4-6-10(9)12-8(2)11-7/h4,7,10H,1,5-6,8-9H2,2-3H3,(H,15,16);3-6H,1-2H3/b11-10+,12-7+;. The monoisotopic (exact) mass is 431 g/mol. The van der Waals surface area contributed by atoms with Crippen LogP contribution < -0.4 is 5.32 Å². The van der Waals surface area contributed by atoms with Gasteiger partial charge < -0.3 is 10.1 Å². The number of aryl methyl sites for hydroxylation is 2. The van der Waals surface area contributed by atoms with Crippen molar-refractivity contribution < 1.29 is 13.4 Å². The van der Waals surface area contributed by atoms with E-state index in [1.54, 1.807) is 25.2 Å². The van der Waals surface area contributed by atoms with Gasteiger partial charge in [-0.05, 0) is 38.5 Å². The maximum absolute atomic E-state index is 11.9. The molecule has 0 fully saturated rings. The van der Waals surface area contributed by atoms with Crippen LogP contribution in [0.4, 0.5) is 3.89 Å². The van der Waals surface area contributed by atoms with E-state index in [1.807, 2.05) is 45.0 Å². The summed E-state index contributed by atoms with van der Waals surface area (Å²) in [7, 11) is 0. The molecule has 0 spiro atoms. The van der Waals surface area contributed by atoms with Crippen LogP contribution >= 0.6 is 12.1 Å². The Labute approximate surface area is 182 Å². The molecule has 0 aliphatic heterocycles. The van der Waals surface area contributed by atoms with Gasteiger partial charge in [0.2, 0.25) is 5.91 Å². The SMILES string of the molecule is C=C/C=C(\C=C(/CC)NC(=O)CC)OCCSF.Cc1nc(C)c2ccccc2n1. The van der Waals surface area contributed by atoms with Crippen LogP contribution in [0.3, 0.4) is 0 Å². The number of nitrogens with one attached hydrogen (secondary N) is 1. The maximum atomic E-state index is 11.9. The second-order valence-electron chi connectivity index (χ2n) is 6.26. The van der Waals surface area contributed by atoms with Gasteiger partial charge in [0.05, 0.1) is 17.9 Å². The van der Waals surface area contributed by atoms with Crippen molar-refractivity contribution in [1.29, 1.82) is 0 Å². The van der Waals surface area contributed by atoms with Crippen molar-refractivity contribution in [3.8, 4) is 0 Å².